The van der Waals surface area contributed by atoms with Gasteiger partial charge in [0, 0.05) is 44.1 Å². The number of rotatable bonds is 8. The average molecular weight is 470 g/mol. The Kier molecular flexibility index (Phi) is 7.48. The van der Waals surface area contributed by atoms with E-state index in [4.69, 9.17) is 4.84 Å². The Hall–Kier alpha value is -2.96. The van der Waals surface area contributed by atoms with Crippen molar-refractivity contribution in [2.45, 2.75) is 24.0 Å². The third-order valence-corrected chi connectivity index (χ3v) is 6.45. The minimum Gasteiger partial charge on any atom is -0.350 e. The first-order valence-electron chi connectivity index (χ1n) is 9.56. The van der Waals surface area contributed by atoms with Crippen LogP contribution in [0.5, 0.6) is 0 Å². The van der Waals surface area contributed by atoms with E-state index in [1.54, 1.807) is 24.5 Å². The first-order valence-corrected chi connectivity index (χ1v) is 11.0. The van der Waals surface area contributed by atoms with Crippen LogP contribution < -0.4 is 10.8 Å². The highest BCUT2D eigenvalue weighted by molar-refractivity contribution is 7.89. The van der Waals surface area contributed by atoms with E-state index in [-0.39, 0.29) is 32.0 Å². The molecule has 1 aromatic carbocycles. The molecule has 1 amide bonds. The molecule has 0 saturated heterocycles. The minimum atomic E-state index is -4.63. The van der Waals surface area contributed by atoms with E-state index in [1.165, 1.54) is 0 Å². The van der Waals surface area contributed by atoms with Crippen LogP contribution in [-0.4, -0.2) is 43.3 Å². The molecule has 2 aromatic rings. The van der Waals surface area contributed by atoms with E-state index in [0.29, 0.717) is 18.3 Å². The Bertz CT molecular complexity index is 1080. The van der Waals surface area contributed by atoms with Crippen LogP contribution in [-0.2, 0) is 32.4 Å². The Balaban J connectivity index is 1.48. The molecule has 2 N–H and O–H groups in total. The van der Waals surface area contributed by atoms with Crippen LogP contribution in [0.2, 0.25) is 0 Å². The van der Waals surface area contributed by atoms with Crippen molar-refractivity contribution in [2.24, 2.45) is 0 Å². The number of carbonyl (C=O) groups is 1. The van der Waals surface area contributed by atoms with Crippen molar-refractivity contribution < 1.29 is 31.2 Å². The molecule has 1 aromatic heterocycles. The van der Waals surface area contributed by atoms with Crippen molar-refractivity contribution in [3.05, 3.63) is 71.7 Å². The number of sulfonamides is 1. The van der Waals surface area contributed by atoms with E-state index in [2.05, 4.69) is 15.8 Å². The first-order chi connectivity index (χ1) is 15.2. The highest BCUT2D eigenvalue weighted by Crippen LogP contribution is 2.31. The number of carbonyl (C=O) groups excluding carboxylic acids is 1. The molecule has 1 aliphatic rings. The van der Waals surface area contributed by atoms with Crippen LogP contribution in [0.3, 0.4) is 0 Å². The van der Waals surface area contributed by atoms with Crippen molar-refractivity contribution in [1.29, 1.82) is 0 Å². The molecule has 12 heteroatoms. The zero-order valence-electron chi connectivity index (χ0n) is 16.8. The van der Waals surface area contributed by atoms with Gasteiger partial charge in [-0.3, -0.25) is 20.1 Å². The maximum atomic E-state index is 12.9. The number of alkyl halides is 3. The van der Waals surface area contributed by atoms with Gasteiger partial charge < -0.3 is 5.32 Å². The second-order valence-corrected chi connectivity index (χ2v) is 8.83. The molecule has 0 radical (unpaired) electrons. The first kappa shape index (κ1) is 23.7. The summed E-state index contributed by atoms with van der Waals surface area (Å²) < 4.78 is 65.1. The predicted octanol–water partition coefficient (Wildman–Crippen LogP) is 2.22. The third-order valence-electron chi connectivity index (χ3n) is 4.59. The molecular weight excluding hydrogens is 449 g/mol. The number of nitrogens with one attached hydrogen (secondary N) is 2. The Labute approximate surface area is 183 Å². The fourth-order valence-electron chi connectivity index (χ4n) is 2.89. The largest absolute Gasteiger partial charge is 0.416 e. The number of benzene rings is 1. The SMILES string of the molecule is O=C(CONC1=CCN(S(=O)(=O)c2cccc(C(F)(F)F)c2)CC1)NCc1cccnc1. The van der Waals surface area contributed by atoms with Crippen molar-refractivity contribution >= 4 is 15.9 Å². The summed E-state index contributed by atoms with van der Waals surface area (Å²) in [6, 6.07) is 7.22. The smallest absolute Gasteiger partial charge is 0.350 e. The topological polar surface area (TPSA) is 101 Å². The molecule has 1 aliphatic heterocycles. The van der Waals surface area contributed by atoms with Crippen molar-refractivity contribution in [2.75, 3.05) is 19.7 Å². The number of pyridine rings is 1. The number of halogens is 3. The number of hydrogen-bond acceptors (Lipinski definition) is 6. The standard InChI is InChI=1S/C20H21F3N4O4S/c21-20(22,23)16-4-1-5-18(11-16)32(29,30)27-9-6-17(7-10-27)26-31-14-19(28)25-13-15-3-2-8-24-12-15/h1-6,8,11-12,26H,7,9-10,13-14H2,(H,25,28). The van der Waals surface area contributed by atoms with Gasteiger partial charge in [0.1, 0.15) is 0 Å². The lowest BCUT2D eigenvalue weighted by atomic mass is 10.2. The van der Waals surface area contributed by atoms with Gasteiger partial charge in [-0.05, 0) is 35.9 Å². The molecular formula is C20H21F3N4O4S. The number of nitrogens with zero attached hydrogens (tertiary/aromatic N) is 2. The average Bonchev–Trinajstić information content (AvgIpc) is 2.78. The molecule has 0 unspecified atom stereocenters. The van der Waals surface area contributed by atoms with Crippen LogP contribution in [0.4, 0.5) is 13.2 Å². The molecule has 32 heavy (non-hydrogen) atoms. The van der Waals surface area contributed by atoms with Crippen LogP contribution in [0.1, 0.15) is 17.5 Å². The van der Waals surface area contributed by atoms with E-state index in [0.717, 1.165) is 28.1 Å². The summed E-state index contributed by atoms with van der Waals surface area (Å²) in [6.07, 6.45) is 0.414. The summed E-state index contributed by atoms with van der Waals surface area (Å²) in [5.74, 6) is -0.355. The van der Waals surface area contributed by atoms with Gasteiger partial charge in [-0.1, -0.05) is 12.1 Å². The third kappa shape index (κ3) is 6.28. The van der Waals surface area contributed by atoms with E-state index < -0.39 is 26.7 Å². The highest BCUT2D eigenvalue weighted by atomic mass is 32.2. The zero-order valence-corrected chi connectivity index (χ0v) is 17.6. The maximum absolute atomic E-state index is 12.9. The van der Waals surface area contributed by atoms with Crippen LogP contribution in [0.25, 0.3) is 0 Å². The van der Waals surface area contributed by atoms with Gasteiger partial charge in [-0.15, -0.1) is 0 Å². The summed E-state index contributed by atoms with van der Waals surface area (Å²) in [7, 11) is -4.08. The minimum absolute atomic E-state index is 0.0442. The predicted molar refractivity (Wildman–Crippen MR) is 108 cm³/mol. The van der Waals surface area contributed by atoms with E-state index in [9.17, 15) is 26.4 Å². The molecule has 172 valence electrons. The zero-order chi connectivity index (χ0) is 23.2. The summed E-state index contributed by atoms with van der Waals surface area (Å²) >= 11 is 0. The quantitative estimate of drug-likeness (QED) is 0.574. The molecule has 8 nitrogen and oxygen atoms in total. The van der Waals surface area contributed by atoms with Gasteiger partial charge in [0.2, 0.25) is 15.9 Å². The molecule has 2 heterocycles. The van der Waals surface area contributed by atoms with E-state index >= 15 is 0 Å². The number of aromatic nitrogens is 1. The summed E-state index contributed by atoms with van der Waals surface area (Å²) in [4.78, 5) is 20.5. The molecule has 0 atom stereocenters. The number of amides is 1. The lowest BCUT2D eigenvalue weighted by Gasteiger charge is -2.26. The van der Waals surface area contributed by atoms with Crippen LogP contribution in [0.15, 0.2) is 65.5 Å². The lowest BCUT2D eigenvalue weighted by molar-refractivity contribution is -0.137. The Morgan fingerprint density at radius 1 is 1.22 bits per heavy atom. The fraction of sp³-hybridized carbons (Fsp3) is 0.300. The van der Waals surface area contributed by atoms with Crippen LogP contribution in [0, 0.1) is 0 Å². The van der Waals surface area contributed by atoms with Gasteiger partial charge in [-0.2, -0.15) is 17.5 Å². The molecule has 0 fully saturated rings. The lowest BCUT2D eigenvalue weighted by Crippen LogP contribution is -2.37. The number of hydroxylamine groups is 1. The van der Waals surface area contributed by atoms with Gasteiger partial charge in [0.15, 0.2) is 6.61 Å². The molecule has 3 rings (SSSR count). The van der Waals surface area contributed by atoms with Gasteiger partial charge in [0.25, 0.3) is 0 Å². The fourth-order valence-corrected chi connectivity index (χ4v) is 4.32. The second-order valence-electron chi connectivity index (χ2n) is 6.90. The Morgan fingerprint density at radius 2 is 2.03 bits per heavy atom. The normalized spacial score (nSPS) is 15.2. The van der Waals surface area contributed by atoms with Crippen molar-refractivity contribution in [3.63, 3.8) is 0 Å². The Morgan fingerprint density at radius 3 is 2.69 bits per heavy atom. The van der Waals surface area contributed by atoms with Crippen molar-refractivity contribution in [1.82, 2.24) is 20.1 Å². The molecule has 0 saturated carbocycles. The van der Waals surface area contributed by atoms with Crippen molar-refractivity contribution in [3.8, 4) is 0 Å². The highest BCUT2D eigenvalue weighted by Gasteiger charge is 2.33. The number of hydrogen-bond donors (Lipinski definition) is 2. The van der Waals surface area contributed by atoms with Crippen LogP contribution >= 0.6 is 0 Å². The van der Waals surface area contributed by atoms with Gasteiger partial charge in [-0.25, -0.2) is 8.42 Å². The molecule has 0 bridgehead atoms. The van der Waals surface area contributed by atoms with E-state index in [1.807, 2.05) is 6.07 Å². The molecule has 0 spiro atoms. The molecule has 0 aliphatic carbocycles. The summed E-state index contributed by atoms with van der Waals surface area (Å²) in [5, 5.41) is 2.67. The van der Waals surface area contributed by atoms with Gasteiger partial charge in [0.05, 0.1) is 10.5 Å². The maximum Gasteiger partial charge on any atom is 0.416 e. The summed E-state index contributed by atoms with van der Waals surface area (Å²) in [5.41, 5.74) is 2.99. The summed E-state index contributed by atoms with van der Waals surface area (Å²) in [6.45, 7) is 0.0520. The second kappa shape index (κ2) is 10.1. The van der Waals surface area contributed by atoms with Gasteiger partial charge >= 0.3 is 6.18 Å². The monoisotopic (exact) mass is 470 g/mol.